The Labute approximate surface area is 78.3 Å². The summed E-state index contributed by atoms with van der Waals surface area (Å²) in [6, 6.07) is 5.94. The molecule has 0 unspecified atom stereocenters. The van der Waals surface area contributed by atoms with Crippen LogP contribution in [0, 0.1) is 0 Å². The lowest BCUT2D eigenvalue weighted by molar-refractivity contribution is 0.0690. The number of pyridine rings is 1. The zero-order valence-corrected chi connectivity index (χ0v) is 7.04. The predicted octanol–water partition coefficient (Wildman–Crippen LogP) is 0.393. The van der Waals surface area contributed by atoms with Gasteiger partial charge in [0.15, 0.2) is 5.69 Å². The van der Waals surface area contributed by atoms with E-state index in [0.717, 1.165) is 6.07 Å². The molecule has 0 aliphatic heterocycles. The third kappa shape index (κ3) is 1.24. The van der Waals surface area contributed by atoms with Gasteiger partial charge in [-0.15, -0.1) is 0 Å². The summed E-state index contributed by atoms with van der Waals surface area (Å²) >= 11 is 0. The second-order valence-corrected chi connectivity index (χ2v) is 2.71. The van der Waals surface area contributed by atoms with Crippen LogP contribution in [0.15, 0.2) is 35.3 Å². The molecule has 2 aromatic heterocycles. The molecule has 2 aromatic rings. The second-order valence-electron chi connectivity index (χ2n) is 2.71. The van der Waals surface area contributed by atoms with E-state index >= 15 is 0 Å². The van der Waals surface area contributed by atoms with Crippen LogP contribution < -0.4 is 5.56 Å². The van der Waals surface area contributed by atoms with E-state index in [9.17, 15) is 9.59 Å². The quantitative estimate of drug-likeness (QED) is 0.706. The molecule has 0 atom stereocenters. The number of hydrogen-bond acceptors (Lipinski definition) is 3. The average Bonchev–Trinajstić information content (AvgIpc) is 2.17. The topological polar surface area (TPSA) is 71.7 Å². The Bertz CT molecular complexity index is 559. The second kappa shape index (κ2) is 2.95. The van der Waals surface area contributed by atoms with Crippen molar-refractivity contribution < 1.29 is 9.90 Å². The highest BCUT2D eigenvalue weighted by Crippen LogP contribution is 1.97. The van der Waals surface area contributed by atoms with Gasteiger partial charge in [0, 0.05) is 12.3 Å². The molecule has 0 spiro atoms. The first-order valence-corrected chi connectivity index (χ1v) is 3.90. The van der Waals surface area contributed by atoms with Gasteiger partial charge in [0.05, 0.1) is 0 Å². The molecule has 0 amide bonds. The Morgan fingerprint density at radius 1 is 1.43 bits per heavy atom. The van der Waals surface area contributed by atoms with Crippen LogP contribution in [0.4, 0.5) is 0 Å². The van der Waals surface area contributed by atoms with E-state index in [4.69, 9.17) is 5.11 Å². The molecule has 0 saturated heterocycles. The van der Waals surface area contributed by atoms with E-state index in [-0.39, 0.29) is 5.69 Å². The molecule has 0 aliphatic carbocycles. The Balaban J connectivity index is 2.86. The highest BCUT2D eigenvalue weighted by Gasteiger charge is 2.07. The van der Waals surface area contributed by atoms with Crippen molar-refractivity contribution >= 4 is 11.6 Å². The van der Waals surface area contributed by atoms with Gasteiger partial charge in [-0.25, -0.2) is 9.78 Å². The fourth-order valence-electron chi connectivity index (χ4n) is 1.16. The van der Waals surface area contributed by atoms with Gasteiger partial charge in [0.1, 0.15) is 5.65 Å². The number of rotatable bonds is 1. The Morgan fingerprint density at radius 2 is 2.21 bits per heavy atom. The van der Waals surface area contributed by atoms with Crippen molar-refractivity contribution in [3.63, 3.8) is 0 Å². The van der Waals surface area contributed by atoms with Crippen LogP contribution in [0.1, 0.15) is 10.5 Å². The fraction of sp³-hybridized carbons (Fsp3) is 0. The van der Waals surface area contributed by atoms with Crippen molar-refractivity contribution in [1.82, 2.24) is 9.38 Å². The lowest BCUT2D eigenvalue weighted by Gasteiger charge is -1.99. The monoisotopic (exact) mass is 190 g/mol. The average molecular weight is 190 g/mol. The number of carboxylic acids is 1. The lowest BCUT2D eigenvalue weighted by Crippen LogP contribution is -2.17. The van der Waals surface area contributed by atoms with Gasteiger partial charge in [0.2, 0.25) is 0 Å². The maximum Gasteiger partial charge on any atom is 0.354 e. The summed E-state index contributed by atoms with van der Waals surface area (Å²) < 4.78 is 1.28. The number of aromatic carboxylic acids is 1. The Kier molecular flexibility index (Phi) is 1.78. The Hall–Kier alpha value is -2.17. The van der Waals surface area contributed by atoms with Crippen LogP contribution in [-0.4, -0.2) is 20.5 Å². The lowest BCUT2D eigenvalue weighted by atomic mass is 10.4. The zero-order chi connectivity index (χ0) is 10.1. The normalized spacial score (nSPS) is 10.3. The number of carbonyl (C=O) groups is 1. The highest BCUT2D eigenvalue weighted by atomic mass is 16.4. The van der Waals surface area contributed by atoms with Crippen molar-refractivity contribution in [2.75, 3.05) is 0 Å². The molecule has 0 aliphatic rings. The van der Waals surface area contributed by atoms with E-state index in [1.54, 1.807) is 18.2 Å². The first-order chi connectivity index (χ1) is 6.68. The molecule has 0 radical (unpaired) electrons. The molecule has 0 saturated carbocycles. The third-order valence-corrected chi connectivity index (χ3v) is 1.79. The van der Waals surface area contributed by atoms with Gasteiger partial charge >= 0.3 is 5.97 Å². The number of fused-ring (bicyclic) bond motifs is 1. The third-order valence-electron chi connectivity index (χ3n) is 1.79. The van der Waals surface area contributed by atoms with Crippen molar-refractivity contribution in [3.05, 3.63) is 46.5 Å². The van der Waals surface area contributed by atoms with Gasteiger partial charge in [-0.1, -0.05) is 6.07 Å². The molecule has 2 rings (SSSR count). The molecular weight excluding hydrogens is 184 g/mol. The van der Waals surface area contributed by atoms with Crippen molar-refractivity contribution in [2.24, 2.45) is 0 Å². The van der Waals surface area contributed by atoms with E-state index in [0.29, 0.717) is 5.65 Å². The molecule has 0 bridgehead atoms. The zero-order valence-electron chi connectivity index (χ0n) is 7.04. The summed E-state index contributed by atoms with van der Waals surface area (Å²) in [4.78, 5) is 25.7. The van der Waals surface area contributed by atoms with E-state index in [2.05, 4.69) is 4.98 Å². The minimum absolute atomic E-state index is 0.235. The highest BCUT2D eigenvalue weighted by molar-refractivity contribution is 5.85. The largest absolute Gasteiger partial charge is 0.477 e. The van der Waals surface area contributed by atoms with E-state index in [1.807, 2.05) is 0 Å². The van der Waals surface area contributed by atoms with E-state index in [1.165, 1.54) is 10.6 Å². The molecule has 5 nitrogen and oxygen atoms in total. The maximum atomic E-state index is 11.4. The van der Waals surface area contributed by atoms with Gasteiger partial charge in [0.25, 0.3) is 5.56 Å². The first-order valence-electron chi connectivity index (χ1n) is 3.90. The van der Waals surface area contributed by atoms with E-state index < -0.39 is 11.5 Å². The molecule has 0 aromatic carbocycles. The molecule has 0 fully saturated rings. The molecule has 70 valence electrons. The smallest absolute Gasteiger partial charge is 0.354 e. The number of carboxylic acid groups (broad SMARTS) is 1. The van der Waals surface area contributed by atoms with Crippen LogP contribution in [0.25, 0.3) is 5.65 Å². The van der Waals surface area contributed by atoms with Crippen molar-refractivity contribution in [1.29, 1.82) is 0 Å². The summed E-state index contributed by atoms with van der Waals surface area (Å²) in [6.07, 6.45) is 1.54. The molecule has 14 heavy (non-hydrogen) atoms. The molecule has 1 N–H and O–H groups in total. The maximum absolute atomic E-state index is 11.4. The molecule has 5 heteroatoms. The van der Waals surface area contributed by atoms with Crippen LogP contribution in [0.2, 0.25) is 0 Å². The number of nitrogens with zero attached hydrogens (tertiary/aromatic N) is 2. The summed E-state index contributed by atoms with van der Waals surface area (Å²) in [6.45, 7) is 0. The van der Waals surface area contributed by atoms with Gasteiger partial charge in [-0.3, -0.25) is 9.20 Å². The summed E-state index contributed by atoms with van der Waals surface area (Å²) in [5.41, 5.74) is -0.299. The summed E-state index contributed by atoms with van der Waals surface area (Å²) in [7, 11) is 0. The van der Waals surface area contributed by atoms with Crippen molar-refractivity contribution in [3.8, 4) is 0 Å². The standard InChI is InChI=1S/C9H6N2O3/c12-8-5-6(9(13)14)10-7-3-1-2-4-11(7)8/h1-5H,(H,13,14). The number of hydrogen-bond donors (Lipinski definition) is 1. The predicted molar refractivity (Wildman–Crippen MR) is 48.4 cm³/mol. The molecular formula is C9H6N2O3. The van der Waals surface area contributed by atoms with Crippen LogP contribution >= 0.6 is 0 Å². The fourth-order valence-corrected chi connectivity index (χ4v) is 1.16. The first kappa shape index (κ1) is 8.43. The van der Waals surface area contributed by atoms with Crippen LogP contribution in [0.3, 0.4) is 0 Å². The van der Waals surface area contributed by atoms with Gasteiger partial charge in [-0.2, -0.15) is 0 Å². The van der Waals surface area contributed by atoms with Gasteiger partial charge in [-0.05, 0) is 12.1 Å². The van der Waals surface area contributed by atoms with Crippen LogP contribution in [0.5, 0.6) is 0 Å². The van der Waals surface area contributed by atoms with Crippen molar-refractivity contribution in [2.45, 2.75) is 0 Å². The Morgan fingerprint density at radius 3 is 2.93 bits per heavy atom. The minimum Gasteiger partial charge on any atom is -0.477 e. The minimum atomic E-state index is -1.20. The molecule has 2 heterocycles. The summed E-state index contributed by atoms with van der Waals surface area (Å²) in [5, 5.41) is 8.66. The van der Waals surface area contributed by atoms with Crippen LogP contribution in [-0.2, 0) is 0 Å². The van der Waals surface area contributed by atoms with Gasteiger partial charge < -0.3 is 5.11 Å². The number of aromatic nitrogens is 2. The summed E-state index contributed by atoms with van der Waals surface area (Å²) in [5.74, 6) is -1.20. The SMILES string of the molecule is O=C(O)c1cc(=O)n2ccccc2n1.